The zero-order chi connectivity index (χ0) is 26.7. The fourth-order valence-electron chi connectivity index (χ4n) is 4.93. The van der Waals surface area contributed by atoms with E-state index in [4.69, 9.17) is 9.47 Å². The summed E-state index contributed by atoms with van der Waals surface area (Å²) < 4.78 is 25.1. The van der Waals surface area contributed by atoms with Gasteiger partial charge in [-0.1, -0.05) is 52.3 Å². The predicted octanol–water partition coefficient (Wildman–Crippen LogP) is 5.59. The minimum atomic E-state index is -0.656. The Bertz CT molecular complexity index is 1150. The molecule has 37 heavy (non-hydrogen) atoms. The lowest BCUT2D eigenvalue weighted by atomic mass is 9.84. The Labute approximate surface area is 225 Å². The number of rotatable bonds is 6. The molecular weight excluding hydrogens is 543 g/mol. The summed E-state index contributed by atoms with van der Waals surface area (Å²) in [5, 5.41) is 0. The predicted molar refractivity (Wildman–Crippen MR) is 139 cm³/mol. The van der Waals surface area contributed by atoms with Crippen LogP contribution < -0.4 is 0 Å². The molecule has 0 bridgehead atoms. The largest absolute Gasteiger partial charge is 0.447 e. The van der Waals surface area contributed by atoms with Gasteiger partial charge in [0.05, 0.1) is 6.04 Å². The Kier molecular flexibility index (Phi) is 8.21. The smallest absolute Gasteiger partial charge is 0.416 e. The van der Waals surface area contributed by atoms with E-state index in [2.05, 4.69) is 15.9 Å². The van der Waals surface area contributed by atoms with E-state index in [1.165, 1.54) is 17.0 Å². The molecule has 0 aromatic heterocycles. The number of imide groups is 1. The molecule has 0 saturated carbocycles. The zero-order valence-corrected chi connectivity index (χ0v) is 22.9. The van der Waals surface area contributed by atoms with E-state index in [1.54, 1.807) is 11.0 Å². The lowest BCUT2D eigenvalue weighted by Crippen LogP contribution is -2.46. The number of amides is 3. The Hall–Kier alpha value is -2.94. The number of cyclic esters (lactones) is 1. The molecule has 2 aromatic carbocycles. The Balaban J connectivity index is 1.59. The van der Waals surface area contributed by atoms with Gasteiger partial charge in [0.1, 0.15) is 18.0 Å². The van der Waals surface area contributed by atoms with Crippen LogP contribution in [0, 0.1) is 17.7 Å². The average molecular weight is 575 g/mol. The van der Waals surface area contributed by atoms with Crippen LogP contribution in [0.5, 0.6) is 0 Å². The van der Waals surface area contributed by atoms with Gasteiger partial charge >= 0.3 is 12.2 Å². The number of benzene rings is 2. The molecule has 0 radical (unpaired) electrons. The van der Waals surface area contributed by atoms with Crippen LogP contribution in [0.1, 0.15) is 38.3 Å². The summed E-state index contributed by atoms with van der Waals surface area (Å²) in [5.41, 5.74) is 1.12. The SMILES string of the molecule is CC(C)(C)OC(=O)N1CC[C@H]([C@H](Cc2ccc(F)cc2Br)C(=O)N2C(=O)OC[C@@H]2Cc2ccccc2)C1. The van der Waals surface area contributed by atoms with Gasteiger partial charge in [-0.3, -0.25) is 4.79 Å². The fourth-order valence-corrected chi connectivity index (χ4v) is 5.45. The Morgan fingerprint density at radius 3 is 2.59 bits per heavy atom. The maximum atomic E-state index is 14.0. The van der Waals surface area contributed by atoms with E-state index < -0.39 is 29.7 Å². The minimum Gasteiger partial charge on any atom is -0.447 e. The highest BCUT2D eigenvalue weighted by atomic mass is 79.9. The first-order valence-corrected chi connectivity index (χ1v) is 13.3. The Morgan fingerprint density at radius 1 is 1.19 bits per heavy atom. The van der Waals surface area contributed by atoms with E-state index >= 15 is 0 Å². The number of carbonyl (C=O) groups is 3. The number of carbonyl (C=O) groups excluding carboxylic acids is 3. The van der Waals surface area contributed by atoms with Crippen molar-refractivity contribution in [3.63, 3.8) is 0 Å². The van der Waals surface area contributed by atoms with Gasteiger partial charge in [0.2, 0.25) is 5.91 Å². The maximum Gasteiger partial charge on any atom is 0.416 e. The molecular formula is C28H32BrFN2O5. The summed E-state index contributed by atoms with van der Waals surface area (Å²) in [5.74, 6) is -1.54. The van der Waals surface area contributed by atoms with E-state index in [1.807, 2.05) is 51.1 Å². The highest BCUT2D eigenvalue weighted by Crippen LogP contribution is 2.33. The minimum absolute atomic E-state index is 0.126. The van der Waals surface area contributed by atoms with Gasteiger partial charge in [-0.2, -0.15) is 0 Å². The van der Waals surface area contributed by atoms with Crippen molar-refractivity contribution >= 4 is 34.0 Å². The average Bonchev–Trinajstić information content (AvgIpc) is 3.45. The second-order valence-corrected chi connectivity index (χ2v) is 11.5. The van der Waals surface area contributed by atoms with Crippen molar-refractivity contribution in [3.05, 3.63) is 69.9 Å². The van der Waals surface area contributed by atoms with Gasteiger partial charge in [0, 0.05) is 23.5 Å². The fraction of sp³-hybridized carbons (Fsp3) is 0.464. The molecule has 3 amide bonds. The number of likely N-dealkylation sites (tertiary alicyclic amines) is 1. The molecule has 0 unspecified atom stereocenters. The van der Waals surface area contributed by atoms with Crippen molar-refractivity contribution in [3.8, 4) is 0 Å². The van der Waals surface area contributed by atoms with Crippen molar-refractivity contribution in [2.75, 3.05) is 19.7 Å². The molecule has 0 N–H and O–H groups in total. The summed E-state index contributed by atoms with van der Waals surface area (Å²) in [6, 6.07) is 13.6. The second kappa shape index (κ2) is 11.2. The quantitative estimate of drug-likeness (QED) is 0.449. The van der Waals surface area contributed by atoms with Crippen molar-refractivity contribution < 1.29 is 28.2 Å². The molecule has 7 nitrogen and oxygen atoms in total. The van der Waals surface area contributed by atoms with Gasteiger partial charge in [0.25, 0.3) is 0 Å². The first kappa shape index (κ1) is 27.1. The van der Waals surface area contributed by atoms with E-state index in [-0.39, 0.29) is 30.7 Å². The highest BCUT2D eigenvalue weighted by Gasteiger charge is 2.45. The van der Waals surface area contributed by atoms with E-state index in [0.717, 1.165) is 11.1 Å². The zero-order valence-electron chi connectivity index (χ0n) is 21.3. The Morgan fingerprint density at radius 2 is 1.92 bits per heavy atom. The first-order valence-electron chi connectivity index (χ1n) is 12.5. The van der Waals surface area contributed by atoms with Crippen molar-refractivity contribution in [2.24, 2.45) is 11.8 Å². The lowest BCUT2D eigenvalue weighted by Gasteiger charge is -2.29. The van der Waals surface area contributed by atoms with Crippen LogP contribution in [-0.4, -0.2) is 59.2 Å². The normalized spacial score (nSPS) is 20.6. The monoisotopic (exact) mass is 574 g/mol. The standard InChI is InChI=1S/C28H32BrFN2O5/c1-28(2,3)37-26(34)31-12-11-20(16-31)23(14-19-9-10-21(30)15-24(19)29)25(33)32-22(17-36-27(32)35)13-18-7-5-4-6-8-18/h4-10,15,20,22-23H,11-14,16-17H2,1-3H3/t20-,22-,23-/m0/s1. The number of hydrogen-bond donors (Lipinski definition) is 0. The molecule has 2 fully saturated rings. The van der Waals surface area contributed by atoms with E-state index in [9.17, 15) is 18.8 Å². The third-order valence-electron chi connectivity index (χ3n) is 6.73. The molecule has 3 atom stereocenters. The molecule has 2 heterocycles. The van der Waals surface area contributed by atoms with Crippen molar-refractivity contribution in [1.29, 1.82) is 0 Å². The summed E-state index contributed by atoms with van der Waals surface area (Å²) in [7, 11) is 0. The number of hydrogen-bond acceptors (Lipinski definition) is 5. The summed E-state index contributed by atoms with van der Waals surface area (Å²) >= 11 is 3.41. The first-order chi connectivity index (χ1) is 17.5. The van der Waals surface area contributed by atoms with Crippen LogP contribution in [0.3, 0.4) is 0 Å². The second-order valence-electron chi connectivity index (χ2n) is 10.7. The molecule has 0 spiro atoms. The maximum absolute atomic E-state index is 14.0. The lowest BCUT2D eigenvalue weighted by molar-refractivity contribution is -0.135. The third kappa shape index (κ3) is 6.69. The van der Waals surface area contributed by atoms with Gasteiger partial charge < -0.3 is 14.4 Å². The van der Waals surface area contributed by atoms with Gasteiger partial charge in [-0.15, -0.1) is 0 Å². The number of nitrogens with zero attached hydrogens (tertiary/aromatic N) is 2. The molecule has 4 rings (SSSR count). The van der Waals surface area contributed by atoms with Gasteiger partial charge in [-0.25, -0.2) is 18.9 Å². The van der Waals surface area contributed by atoms with Crippen molar-refractivity contribution in [1.82, 2.24) is 9.80 Å². The molecule has 2 aliphatic rings. The van der Waals surface area contributed by atoms with Crippen molar-refractivity contribution in [2.45, 2.75) is 51.7 Å². The van der Waals surface area contributed by atoms with Gasteiger partial charge in [0.15, 0.2) is 0 Å². The molecule has 2 aliphatic heterocycles. The van der Waals surface area contributed by atoms with Crippen LogP contribution in [0.25, 0.3) is 0 Å². The number of ether oxygens (including phenoxy) is 2. The van der Waals surface area contributed by atoms with Gasteiger partial charge in [-0.05, 0) is 69.2 Å². The van der Waals surface area contributed by atoms with E-state index in [0.29, 0.717) is 30.4 Å². The highest BCUT2D eigenvalue weighted by molar-refractivity contribution is 9.10. The summed E-state index contributed by atoms with van der Waals surface area (Å²) in [4.78, 5) is 42.4. The van der Waals surface area contributed by atoms with Crippen LogP contribution in [0.4, 0.5) is 14.0 Å². The van der Waals surface area contributed by atoms with Crippen LogP contribution >= 0.6 is 15.9 Å². The third-order valence-corrected chi connectivity index (χ3v) is 7.47. The molecule has 9 heteroatoms. The van der Waals surface area contributed by atoms with Crippen LogP contribution in [0.2, 0.25) is 0 Å². The molecule has 2 saturated heterocycles. The summed E-state index contributed by atoms with van der Waals surface area (Å²) in [6.07, 6.45) is 0.275. The summed E-state index contributed by atoms with van der Waals surface area (Å²) in [6.45, 7) is 6.33. The molecule has 2 aromatic rings. The molecule has 198 valence electrons. The van der Waals surface area contributed by atoms with Crippen LogP contribution in [-0.2, 0) is 27.1 Å². The van der Waals surface area contributed by atoms with Crippen LogP contribution in [0.15, 0.2) is 53.0 Å². The number of halogens is 2. The molecule has 0 aliphatic carbocycles. The topological polar surface area (TPSA) is 76.2 Å².